The van der Waals surface area contributed by atoms with Crippen LogP contribution in [0.15, 0.2) is 76.1 Å². The van der Waals surface area contributed by atoms with Crippen LogP contribution in [-0.2, 0) is 16.0 Å². The molecular formula is C27H20BrF2N5O3. The lowest BCUT2D eigenvalue weighted by Crippen LogP contribution is -2.31. The van der Waals surface area contributed by atoms with Gasteiger partial charge in [0.05, 0.1) is 16.7 Å². The van der Waals surface area contributed by atoms with Crippen LogP contribution < -0.4 is 5.69 Å². The molecule has 1 atom stereocenters. The summed E-state index contributed by atoms with van der Waals surface area (Å²) in [7, 11) is 0. The normalized spacial score (nSPS) is 15.6. The summed E-state index contributed by atoms with van der Waals surface area (Å²) in [6.07, 6.45) is 1.22. The van der Waals surface area contributed by atoms with E-state index >= 15 is 0 Å². The molecule has 1 aliphatic heterocycles. The van der Waals surface area contributed by atoms with E-state index in [4.69, 9.17) is 9.84 Å². The number of halogens is 3. The molecule has 6 rings (SSSR count). The Morgan fingerprint density at radius 2 is 1.71 bits per heavy atom. The molecule has 3 aromatic carbocycles. The molecule has 1 saturated heterocycles. The first kappa shape index (κ1) is 24.3. The summed E-state index contributed by atoms with van der Waals surface area (Å²) in [5.41, 5.74) is 3.40. The zero-order chi connectivity index (χ0) is 26.4. The Labute approximate surface area is 223 Å². The van der Waals surface area contributed by atoms with Gasteiger partial charge >= 0.3 is 5.69 Å². The standard InChI is InChI=1S/C27H20BrF2N5O3/c28-17-3-7-19(8-4-17)35-13-20(25(33-35)15-1-5-18(29)6-2-15)26-34(24(36)14-38-26)10-9-16-11-22-23(12-21(16)30)32-27(37)31-22/h1-8,11-13,26H,9-10,14H2,(H2,31,32,37)/t26-/m0/s1. The number of nitrogens with one attached hydrogen (secondary N) is 2. The van der Waals surface area contributed by atoms with Crippen molar-refractivity contribution < 1.29 is 18.3 Å². The highest BCUT2D eigenvalue weighted by atomic mass is 79.9. The number of aromatic nitrogens is 4. The van der Waals surface area contributed by atoms with Crippen molar-refractivity contribution in [3.05, 3.63) is 105 Å². The number of imidazole rings is 1. The van der Waals surface area contributed by atoms with Gasteiger partial charge in [-0.2, -0.15) is 5.10 Å². The lowest BCUT2D eigenvalue weighted by molar-refractivity contribution is -0.128. The van der Waals surface area contributed by atoms with Crippen molar-refractivity contribution in [3.63, 3.8) is 0 Å². The van der Waals surface area contributed by atoms with E-state index in [-0.39, 0.29) is 31.3 Å². The molecule has 1 amide bonds. The summed E-state index contributed by atoms with van der Waals surface area (Å²) in [5.74, 6) is -1.10. The van der Waals surface area contributed by atoms with Crippen molar-refractivity contribution in [1.29, 1.82) is 0 Å². The fraction of sp³-hybridized carbons (Fsp3) is 0.148. The molecule has 0 radical (unpaired) electrons. The SMILES string of the molecule is O=C1CO[C@@H](c2cn(-c3ccc(Br)cc3)nc2-c2ccc(F)cc2)N1CCc1cc2[nH]c(=O)[nH]c2cc1F. The number of amides is 1. The summed E-state index contributed by atoms with van der Waals surface area (Å²) in [6, 6.07) is 16.3. The van der Waals surface area contributed by atoms with Crippen molar-refractivity contribution in [2.24, 2.45) is 0 Å². The van der Waals surface area contributed by atoms with E-state index in [1.54, 1.807) is 34.0 Å². The number of H-pyrrole nitrogens is 2. The number of aromatic amines is 2. The molecule has 8 nitrogen and oxygen atoms in total. The van der Waals surface area contributed by atoms with Gasteiger partial charge in [-0.25, -0.2) is 18.3 Å². The fourth-order valence-corrected chi connectivity index (χ4v) is 4.88. The van der Waals surface area contributed by atoms with E-state index < -0.39 is 17.7 Å². The molecule has 0 aliphatic carbocycles. The van der Waals surface area contributed by atoms with Crippen molar-refractivity contribution in [1.82, 2.24) is 24.6 Å². The number of fused-ring (bicyclic) bond motifs is 1. The third kappa shape index (κ3) is 4.54. The van der Waals surface area contributed by atoms with E-state index in [9.17, 15) is 18.4 Å². The molecule has 192 valence electrons. The van der Waals surface area contributed by atoms with Crippen molar-refractivity contribution in [2.75, 3.05) is 13.2 Å². The van der Waals surface area contributed by atoms with Crippen LogP contribution in [-0.4, -0.2) is 43.7 Å². The molecule has 1 aliphatic rings. The average Bonchev–Trinajstić information content (AvgIpc) is 3.59. The van der Waals surface area contributed by atoms with Gasteiger partial charge in [-0.1, -0.05) is 15.9 Å². The van der Waals surface area contributed by atoms with Crippen LogP contribution in [0.1, 0.15) is 17.4 Å². The largest absolute Gasteiger partial charge is 0.344 e. The summed E-state index contributed by atoms with van der Waals surface area (Å²) < 4.78 is 36.9. The number of ether oxygens (including phenoxy) is 1. The number of hydrogen-bond donors (Lipinski definition) is 2. The Morgan fingerprint density at radius 1 is 1.00 bits per heavy atom. The van der Waals surface area contributed by atoms with Gasteiger partial charge in [0.25, 0.3) is 5.91 Å². The molecule has 1 fully saturated rings. The highest BCUT2D eigenvalue weighted by molar-refractivity contribution is 9.10. The minimum Gasteiger partial charge on any atom is -0.344 e. The first-order chi connectivity index (χ1) is 18.4. The predicted molar refractivity (Wildman–Crippen MR) is 140 cm³/mol. The lowest BCUT2D eigenvalue weighted by atomic mass is 10.1. The van der Waals surface area contributed by atoms with Crippen LogP contribution in [0.5, 0.6) is 0 Å². The van der Waals surface area contributed by atoms with E-state index in [0.29, 0.717) is 33.4 Å². The zero-order valence-electron chi connectivity index (χ0n) is 19.7. The second kappa shape index (κ2) is 9.66. The maximum absolute atomic E-state index is 14.7. The molecule has 3 heterocycles. The number of carbonyl (C=O) groups excluding carboxylic acids is 1. The maximum Gasteiger partial charge on any atom is 0.323 e. The molecule has 0 spiro atoms. The first-order valence-electron chi connectivity index (χ1n) is 11.8. The predicted octanol–water partition coefficient (Wildman–Crippen LogP) is 4.85. The van der Waals surface area contributed by atoms with Crippen LogP contribution in [0.3, 0.4) is 0 Å². The van der Waals surface area contributed by atoms with Gasteiger partial charge in [0.2, 0.25) is 0 Å². The first-order valence-corrected chi connectivity index (χ1v) is 12.6. The van der Waals surface area contributed by atoms with Crippen LogP contribution in [0.25, 0.3) is 28.0 Å². The van der Waals surface area contributed by atoms with Gasteiger partial charge in [0.15, 0.2) is 6.23 Å². The van der Waals surface area contributed by atoms with E-state index in [1.165, 1.54) is 18.2 Å². The highest BCUT2D eigenvalue weighted by Crippen LogP contribution is 2.35. The Kier molecular flexibility index (Phi) is 6.16. The monoisotopic (exact) mass is 579 g/mol. The average molecular weight is 580 g/mol. The number of rotatable bonds is 6. The van der Waals surface area contributed by atoms with Gasteiger partial charge < -0.3 is 19.6 Å². The minimum atomic E-state index is -0.773. The molecule has 0 saturated carbocycles. The molecule has 5 aromatic rings. The number of nitrogens with zero attached hydrogens (tertiary/aromatic N) is 3. The molecule has 38 heavy (non-hydrogen) atoms. The minimum absolute atomic E-state index is 0.135. The highest BCUT2D eigenvalue weighted by Gasteiger charge is 2.36. The van der Waals surface area contributed by atoms with Crippen LogP contribution in [0.2, 0.25) is 0 Å². The quantitative estimate of drug-likeness (QED) is 0.300. The Morgan fingerprint density at radius 3 is 2.45 bits per heavy atom. The summed E-state index contributed by atoms with van der Waals surface area (Å²) >= 11 is 3.43. The summed E-state index contributed by atoms with van der Waals surface area (Å²) in [5, 5.41) is 4.75. The molecular weight excluding hydrogens is 560 g/mol. The smallest absolute Gasteiger partial charge is 0.323 e. The van der Waals surface area contributed by atoms with Crippen molar-refractivity contribution >= 4 is 32.9 Å². The van der Waals surface area contributed by atoms with Crippen molar-refractivity contribution in [3.8, 4) is 16.9 Å². The number of hydrogen-bond acceptors (Lipinski definition) is 4. The van der Waals surface area contributed by atoms with Gasteiger partial charge in [0.1, 0.15) is 23.9 Å². The Balaban J connectivity index is 1.35. The van der Waals surface area contributed by atoms with Gasteiger partial charge in [-0.15, -0.1) is 0 Å². The second-order valence-corrected chi connectivity index (χ2v) is 9.85. The Hall–Kier alpha value is -4.09. The lowest BCUT2D eigenvalue weighted by Gasteiger charge is -2.23. The summed E-state index contributed by atoms with van der Waals surface area (Å²) in [6.45, 7) is 0.0382. The number of benzene rings is 3. The third-order valence-electron chi connectivity index (χ3n) is 6.49. The maximum atomic E-state index is 14.7. The molecule has 0 bridgehead atoms. The second-order valence-electron chi connectivity index (χ2n) is 8.93. The van der Waals surface area contributed by atoms with Crippen LogP contribution >= 0.6 is 15.9 Å². The van der Waals surface area contributed by atoms with Crippen molar-refractivity contribution in [2.45, 2.75) is 12.6 Å². The van der Waals surface area contributed by atoms with Crippen LogP contribution in [0, 0.1) is 11.6 Å². The van der Waals surface area contributed by atoms with Gasteiger partial charge in [-0.3, -0.25) is 4.79 Å². The summed E-state index contributed by atoms with van der Waals surface area (Å²) in [4.78, 5) is 31.1. The fourth-order valence-electron chi connectivity index (χ4n) is 4.61. The van der Waals surface area contributed by atoms with E-state index in [2.05, 4.69) is 25.9 Å². The van der Waals surface area contributed by atoms with Crippen LogP contribution in [0.4, 0.5) is 8.78 Å². The number of carbonyl (C=O) groups is 1. The zero-order valence-corrected chi connectivity index (χ0v) is 21.3. The van der Waals surface area contributed by atoms with E-state index in [1.807, 2.05) is 24.3 Å². The third-order valence-corrected chi connectivity index (χ3v) is 7.02. The topological polar surface area (TPSA) is 96.0 Å². The van der Waals surface area contributed by atoms with Gasteiger partial charge in [-0.05, 0) is 72.6 Å². The molecule has 2 aromatic heterocycles. The van der Waals surface area contributed by atoms with Gasteiger partial charge in [0, 0.05) is 28.3 Å². The molecule has 0 unspecified atom stereocenters. The molecule has 2 N–H and O–H groups in total. The van der Waals surface area contributed by atoms with E-state index in [0.717, 1.165) is 10.2 Å². The molecule has 11 heteroatoms. The Bertz CT molecular complexity index is 1710.